The van der Waals surface area contributed by atoms with Gasteiger partial charge >= 0.3 is 0 Å². The molecule has 5 nitrogen and oxygen atoms in total. The van der Waals surface area contributed by atoms with E-state index in [-0.39, 0.29) is 11.9 Å². The van der Waals surface area contributed by atoms with Crippen LogP contribution in [-0.4, -0.2) is 35.7 Å². The normalized spacial score (nSPS) is 20.0. The SMILES string of the molecule is COCC1CC(O)=NN1c1ncccc1Cl. The highest BCUT2D eigenvalue weighted by Crippen LogP contribution is 2.28. The number of aromatic nitrogens is 1. The number of ether oxygens (including phenoxy) is 1. The van der Waals surface area contributed by atoms with Crippen LogP contribution in [0.1, 0.15) is 6.42 Å². The Morgan fingerprint density at radius 1 is 1.69 bits per heavy atom. The fourth-order valence-electron chi connectivity index (χ4n) is 1.63. The maximum absolute atomic E-state index is 9.43. The first-order chi connectivity index (χ1) is 7.72. The summed E-state index contributed by atoms with van der Waals surface area (Å²) in [5.74, 6) is 0.610. The van der Waals surface area contributed by atoms with Gasteiger partial charge in [-0.1, -0.05) is 11.6 Å². The Hall–Kier alpha value is -1.33. The van der Waals surface area contributed by atoms with Crippen LogP contribution in [-0.2, 0) is 4.74 Å². The molecule has 1 N–H and O–H groups in total. The van der Waals surface area contributed by atoms with Gasteiger partial charge in [0.25, 0.3) is 0 Å². The molecule has 0 spiro atoms. The number of anilines is 1. The first kappa shape index (κ1) is 11.2. The van der Waals surface area contributed by atoms with Crippen molar-refractivity contribution < 1.29 is 9.84 Å². The third-order valence-corrected chi connectivity index (χ3v) is 2.60. The monoisotopic (exact) mass is 241 g/mol. The van der Waals surface area contributed by atoms with Gasteiger partial charge in [0.2, 0.25) is 5.90 Å². The van der Waals surface area contributed by atoms with Gasteiger partial charge in [-0.05, 0) is 12.1 Å². The molecule has 1 aliphatic rings. The molecular formula is C10H12ClN3O2. The minimum atomic E-state index is -0.0580. The third kappa shape index (κ3) is 2.10. The Morgan fingerprint density at radius 3 is 3.19 bits per heavy atom. The molecule has 0 aliphatic carbocycles. The molecule has 0 saturated heterocycles. The van der Waals surface area contributed by atoms with Crippen molar-refractivity contribution in [2.24, 2.45) is 5.10 Å². The molecule has 0 fully saturated rings. The van der Waals surface area contributed by atoms with Crippen LogP contribution in [0.3, 0.4) is 0 Å². The second-order valence-electron chi connectivity index (χ2n) is 3.48. The van der Waals surface area contributed by atoms with E-state index >= 15 is 0 Å². The van der Waals surface area contributed by atoms with Gasteiger partial charge in [-0.3, -0.25) is 0 Å². The van der Waals surface area contributed by atoms with Crippen LogP contribution in [0.4, 0.5) is 5.82 Å². The molecule has 1 atom stereocenters. The highest BCUT2D eigenvalue weighted by molar-refractivity contribution is 6.32. The summed E-state index contributed by atoms with van der Waals surface area (Å²) in [5.41, 5.74) is 0. The quantitative estimate of drug-likeness (QED) is 0.877. The Bertz CT molecular complexity index is 411. The van der Waals surface area contributed by atoms with Gasteiger partial charge in [-0.25, -0.2) is 9.99 Å². The molecule has 0 bridgehead atoms. The average molecular weight is 242 g/mol. The van der Waals surface area contributed by atoms with Crippen molar-refractivity contribution >= 4 is 23.3 Å². The molecule has 2 rings (SSSR count). The zero-order valence-corrected chi connectivity index (χ0v) is 9.55. The largest absolute Gasteiger partial charge is 0.495 e. The summed E-state index contributed by atoms with van der Waals surface area (Å²) in [6.45, 7) is 0.459. The van der Waals surface area contributed by atoms with Gasteiger partial charge in [-0.15, -0.1) is 5.10 Å². The lowest BCUT2D eigenvalue weighted by Crippen LogP contribution is -2.31. The molecule has 0 amide bonds. The van der Waals surface area contributed by atoms with E-state index < -0.39 is 0 Å². The van der Waals surface area contributed by atoms with Crippen molar-refractivity contribution in [3.8, 4) is 0 Å². The number of hydrogen-bond donors (Lipinski definition) is 1. The molecule has 0 saturated carbocycles. The lowest BCUT2D eigenvalue weighted by molar-refractivity contribution is 0.180. The van der Waals surface area contributed by atoms with E-state index in [0.29, 0.717) is 23.9 Å². The minimum Gasteiger partial charge on any atom is -0.495 e. The van der Waals surface area contributed by atoms with Gasteiger partial charge in [0.15, 0.2) is 5.82 Å². The number of rotatable bonds is 3. The number of pyridine rings is 1. The molecule has 1 aliphatic heterocycles. The van der Waals surface area contributed by atoms with Gasteiger partial charge < -0.3 is 9.84 Å². The Kier molecular flexibility index (Phi) is 3.26. The number of methoxy groups -OCH3 is 1. The number of aliphatic hydroxyl groups excluding tert-OH is 1. The molecule has 6 heteroatoms. The fourth-order valence-corrected chi connectivity index (χ4v) is 1.84. The standard InChI is InChI=1S/C10H12ClN3O2/c1-16-6-7-5-9(15)13-14(7)10-8(11)3-2-4-12-10/h2-4,7H,5-6H2,1H3,(H,13,15). The van der Waals surface area contributed by atoms with Crippen LogP contribution in [0.15, 0.2) is 23.4 Å². The zero-order valence-electron chi connectivity index (χ0n) is 8.80. The number of hydrogen-bond acceptors (Lipinski definition) is 4. The van der Waals surface area contributed by atoms with Gasteiger partial charge in [-0.2, -0.15) is 0 Å². The molecule has 16 heavy (non-hydrogen) atoms. The Labute approximate surface area is 98.3 Å². The summed E-state index contributed by atoms with van der Waals surface area (Å²) in [6.07, 6.45) is 2.08. The summed E-state index contributed by atoms with van der Waals surface area (Å²) in [5, 5.41) is 15.5. The Morgan fingerprint density at radius 2 is 2.50 bits per heavy atom. The number of aliphatic hydroxyl groups is 1. The number of nitrogens with zero attached hydrogens (tertiary/aromatic N) is 3. The van der Waals surface area contributed by atoms with Crippen molar-refractivity contribution in [1.82, 2.24) is 4.98 Å². The fraction of sp³-hybridized carbons (Fsp3) is 0.400. The van der Waals surface area contributed by atoms with Gasteiger partial charge in [0.05, 0.1) is 24.1 Å². The van der Waals surface area contributed by atoms with E-state index in [4.69, 9.17) is 16.3 Å². The smallest absolute Gasteiger partial charge is 0.206 e. The second kappa shape index (κ2) is 4.67. The van der Waals surface area contributed by atoms with Crippen molar-refractivity contribution in [1.29, 1.82) is 0 Å². The highest BCUT2D eigenvalue weighted by atomic mass is 35.5. The average Bonchev–Trinajstić information content (AvgIpc) is 2.61. The number of halogens is 1. The van der Waals surface area contributed by atoms with E-state index in [1.165, 1.54) is 0 Å². The highest BCUT2D eigenvalue weighted by Gasteiger charge is 2.29. The van der Waals surface area contributed by atoms with Crippen LogP contribution in [0.5, 0.6) is 0 Å². The molecule has 1 aromatic heterocycles. The maximum Gasteiger partial charge on any atom is 0.206 e. The van der Waals surface area contributed by atoms with Crippen molar-refractivity contribution in [2.45, 2.75) is 12.5 Å². The lowest BCUT2D eigenvalue weighted by Gasteiger charge is -2.21. The maximum atomic E-state index is 9.43. The molecular weight excluding hydrogens is 230 g/mol. The van der Waals surface area contributed by atoms with E-state index in [9.17, 15) is 5.11 Å². The van der Waals surface area contributed by atoms with Crippen molar-refractivity contribution in [3.63, 3.8) is 0 Å². The Balaban J connectivity index is 2.28. The molecule has 2 heterocycles. The third-order valence-electron chi connectivity index (χ3n) is 2.30. The van der Waals surface area contributed by atoms with Gasteiger partial charge in [0, 0.05) is 13.3 Å². The van der Waals surface area contributed by atoms with Crippen molar-refractivity contribution in [3.05, 3.63) is 23.4 Å². The second-order valence-corrected chi connectivity index (χ2v) is 3.89. The predicted molar refractivity (Wildman–Crippen MR) is 62.1 cm³/mol. The van der Waals surface area contributed by atoms with Crippen LogP contribution >= 0.6 is 11.6 Å². The lowest BCUT2D eigenvalue weighted by atomic mass is 10.2. The minimum absolute atomic E-state index is 0.0580. The summed E-state index contributed by atoms with van der Waals surface area (Å²) in [6, 6.07) is 3.42. The molecule has 1 aromatic rings. The van der Waals surface area contributed by atoms with Crippen LogP contribution in [0.25, 0.3) is 0 Å². The summed E-state index contributed by atoms with van der Waals surface area (Å²) in [4.78, 5) is 4.15. The molecule has 0 aromatic carbocycles. The zero-order chi connectivity index (χ0) is 11.5. The first-order valence-electron chi connectivity index (χ1n) is 4.87. The predicted octanol–water partition coefficient (Wildman–Crippen LogP) is 1.83. The van der Waals surface area contributed by atoms with E-state index in [1.807, 2.05) is 0 Å². The van der Waals surface area contributed by atoms with Gasteiger partial charge in [0.1, 0.15) is 0 Å². The molecule has 86 valence electrons. The van der Waals surface area contributed by atoms with Crippen LogP contribution < -0.4 is 5.01 Å². The van der Waals surface area contributed by atoms with Crippen molar-refractivity contribution in [2.75, 3.05) is 18.7 Å². The van der Waals surface area contributed by atoms with Crippen LogP contribution in [0.2, 0.25) is 5.02 Å². The topological polar surface area (TPSA) is 58.0 Å². The molecule has 1 unspecified atom stereocenters. The van der Waals surface area contributed by atoms with E-state index in [1.54, 1.807) is 30.4 Å². The van der Waals surface area contributed by atoms with E-state index in [0.717, 1.165) is 0 Å². The molecule has 0 radical (unpaired) electrons. The first-order valence-corrected chi connectivity index (χ1v) is 5.25. The number of hydrazone groups is 1. The van der Waals surface area contributed by atoms with Crippen LogP contribution in [0, 0.1) is 0 Å². The summed E-state index contributed by atoms with van der Waals surface area (Å²) < 4.78 is 5.07. The summed E-state index contributed by atoms with van der Waals surface area (Å²) >= 11 is 6.02. The van der Waals surface area contributed by atoms with E-state index in [2.05, 4.69) is 10.1 Å². The summed E-state index contributed by atoms with van der Waals surface area (Å²) in [7, 11) is 1.60.